The zero-order valence-corrected chi connectivity index (χ0v) is 11.7. The van der Waals surface area contributed by atoms with E-state index in [4.69, 9.17) is 0 Å². The van der Waals surface area contributed by atoms with Crippen LogP contribution in [0.3, 0.4) is 0 Å². The first-order valence-electron chi connectivity index (χ1n) is 5.86. The van der Waals surface area contributed by atoms with Crippen molar-refractivity contribution in [3.05, 3.63) is 21.4 Å². The maximum absolute atomic E-state index is 13.6. The lowest BCUT2D eigenvalue weighted by Gasteiger charge is -2.29. The van der Waals surface area contributed by atoms with Gasteiger partial charge in [0.2, 0.25) is 0 Å². The van der Waals surface area contributed by atoms with Gasteiger partial charge in [-0.25, -0.2) is 0 Å². The third kappa shape index (κ3) is 3.45. The minimum atomic E-state index is -5.57. The third-order valence-corrected chi connectivity index (χ3v) is 3.71. The molecule has 0 amide bonds. The van der Waals surface area contributed by atoms with Gasteiger partial charge < -0.3 is 5.32 Å². The summed E-state index contributed by atoms with van der Waals surface area (Å²) in [6.07, 6.45) is -5.09. The molecule has 0 saturated heterocycles. The van der Waals surface area contributed by atoms with Gasteiger partial charge in [0.1, 0.15) is 6.04 Å². The molecule has 7 heteroatoms. The number of nitrogens with one attached hydrogen (secondary N) is 1. The second kappa shape index (κ2) is 5.75. The van der Waals surface area contributed by atoms with E-state index in [9.17, 15) is 22.0 Å². The van der Waals surface area contributed by atoms with Crippen LogP contribution in [-0.4, -0.2) is 18.6 Å². The lowest BCUT2D eigenvalue weighted by Crippen LogP contribution is -2.48. The van der Waals surface area contributed by atoms with Gasteiger partial charge in [-0.1, -0.05) is 6.92 Å². The Labute approximate surface area is 112 Å². The second-order valence-electron chi connectivity index (χ2n) is 4.38. The molecule has 0 saturated carbocycles. The molecular weight excluding hydrogens is 285 g/mol. The van der Waals surface area contributed by atoms with Crippen molar-refractivity contribution < 1.29 is 22.0 Å². The predicted octanol–water partition coefficient (Wildman–Crippen LogP) is 4.60. The number of alkyl halides is 5. The van der Waals surface area contributed by atoms with Crippen molar-refractivity contribution in [2.75, 3.05) is 6.54 Å². The maximum Gasteiger partial charge on any atom is 0.455 e. The smallest absolute Gasteiger partial charge is 0.305 e. The van der Waals surface area contributed by atoms with E-state index in [-0.39, 0.29) is 12.1 Å². The molecule has 1 nitrogen and oxygen atoms in total. The molecule has 1 unspecified atom stereocenters. The molecule has 1 aromatic heterocycles. The molecule has 0 bridgehead atoms. The van der Waals surface area contributed by atoms with Gasteiger partial charge in [-0.05, 0) is 38.4 Å². The summed E-state index contributed by atoms with van der Waals surface area (Å²) in [5, 5.41) is 2.32. The van der Waals surface area contributed by atoms with Crippen LogP contribution in [-0.2, 0) is 0 Å². The number of hydrogen-bond acceptors (Lipinski definition) is 2. The lowest BCUT2D eigenvalue weighted by atomic mass is 10.00. The summed E-state index contributed by atoms with van der Waals surface area (Å²) in [5.41, 5.74) is 0.0262. The maximum atomic E-state index is 13.6. The first-order valence-corrected chi connectivity index (χ1v) is 6.67. The molecule has 1 heterocycles. The summed E-state index contributed by atoms with van der Waals surface area (Å²) in [6, 6.07) is -0.634. The van der Waals surface area contributed by atoms with Crippen LogP contribution in [0, 0.1) is 13.8 Å². The van der Waals surface area contributed by atoms with Crippen molar-refractivity contribution in [2.24, 2.45) is 0 Å². The van der Waals surface area contributed by atoms with Crippen LogP contribution in [0.2, 0.25) is 0 Å². The topological polar surface area (TPSA) is 12.0 Å². The van der Waals surface area contributed by atoms with Crippen molar-refractivity contribution in [1.82, 2.24) is 5.32 Å². The molecule has 19 heavy (non-hydrogen) atoms. The molecule has 0 fully saturated rings. The van der Waals surface area contributed by atoms with E-state index in [1.54, 1.807) is 20.8 Å². The van der Waals surface area contributed by atoms with Crippen molar-refractivity contribution in [3.8, 4) is 0 Å². The fourth-order valence-corrected chi connectivity index (χ4v) is 2.79. The fourth-order valence-electron chi connectivity index (χ4n) is 1.82. The molecule has 0 aliphatic carbocycles. The molecule has 0 aliphatic heterocycles. The van der Waals surface area contributed by atoms with Crippen molar-refractivity contribution >= 4 is 11.3 Å². The summed E-state index contributed by atoms with van der Waals surface area (Å²) < 4.78 is 64.9. The molecule has 1 N–H and O–H groups in total. The fraction of sp³-hybridized carbons (Fsp3) is 0.667. The summed E-state index contributed by atoms with van der Waals surface area (Å²) in [5.74, 6) is -4.79. The average Bonchev–Trinajstić information content (AvgIpc) is 2.56. The van der Waals surface area contributed by atoms with Crippen LogP contribution >= 0.6 is 11.3 Å². The Hall–Kier alpha value is -0.690. The van der Waals surface area contributed by atoms with Gasteiger partial charge in [-0.2, -0.15) is 22.0 Å². The average molecular weight is 301 g/mol. The van der Waals surface area contributed by atoms with Crippen LogP contribution in [0.15, 0.2) is 6.07 Å². The number of thiophene rings is 1. The predicted molar refractivity (Wildman–Crippen MR) is 65.8 cm³/mol. The van der Waals surface area contributed by atoms with E-state index in [1.807, 2.05) is 0 Å². The molecule has 1 atom stereocenters. The SMILES string of the molecule is CCCNC(c1cc(C)sc1C)C(F)(F)C(F)(F)F. The van der Waals surface area contributed by atoms with Gasteiger partial charge >= 0.3 is 12.1 Å². The van der Waals surface area contributed by atoms with Gasteiger partial charge in [-0.3, -0.25) is 0 Å². The number of hydrogen-bond donors (Lipinski definition) is 1. The largest absolute Gasteiger partial charge is 0.455 e. The van der Waals surface area contributed by atoms with Crippen LogP contribution in [0.4, 0.5) is 22.0 Å². The Morgan fingerprint density at radius 2 is 1.79 bits per heavy atom. The molecule has 0 aliphatic rings. The van der Waals surface area contributed by atoms with E-state index in [0.717, 1.165) is 0 Å². The molecule has 1 rings (SSSR count). The monoisotopic (exact) mass is 301 g/mol. The second-order valence-corrected chi connectivity index (χ2v) is 5.84. The highest BCUT2D eigenvalue weighted by molar-refractivity contribution is 7.12. The Balaban J connectivity index is 3.18. The minimum Gasteiger partial charge on any atom is -0.305 e. The minimum absolute atomic E-state index is 0.0262. The highest BCUT2D eigenvalue weighted by Crippen LogP contribution is 2.46. The highest BCUT2D eigenvalue weighted by atomic mass is 32.1. The number of rotatable bonds is 5. The molecular formula is C12H16F5NS. The first-order chi connectivity index (χ1) is 8.61. The summed E-state index contributed by atoms with van der Waals surface area (Å²) >= 11 is 1.22. The van der Waals surface area contributed by atoms with Crippen molar-refractivity contribution in [1.29, 1.82) is 0 Å². The Morgan fingerprint density at radius 1 is 1.21 bits per heavy atom. The Kier molecular flexibility index (Phi) is 4.95. The zero-order chi connectivity index (χ0) is 14.8. The van der Waals surface area contributed by atoms with Crippen molar-refractivity contribution in [3.63, 3.8) is 0 Å². The standard InChI is InChI=1S/C12H16F5NS/c1-4-5-18-10(11(13,14)12(15,16)17)9-6-7(2)19-8(9)3/h6,10,18H,4-5H2,1-3H3. The Bertz CT molecular complexity index is 424. The molecule has 0 aromatic carbocycles. The van der Waals surface area contributed by atoms with Gasteiger partial charge in [-0.15, -0.1) is 11.3 Å². The molecule has 1 aromatic rings. The van der Waals surface area contributed by atoms with Gasteiger partial charge in [0.25, 0.3) is 0 Å². The van der Waals surface area contributed by atoms with E-state index < -0.39 is 18.1 Å². The zero-order valence-electron chi connectivity index (χ0n) is 10.9. The van der Waals surface area contributed by atoms with Crippen LogP contribution in [0.1, 0.15) is 34.7 Å². The van der Waals surface area contributed by atoms with E-state index in [1.165, 1.54) is 17.4 Å². The summed E-state index contributed by atoms with van der Waals surface area (Å²) in [7, 11) is 0. The molecule has 110 valence electrons. The first kappa shape index (κ1) is 16.4. The summed E-state index contributed by atoms with van der Waals surface area (Å²) in [4.78, 5) is 1.20. The van der Waals surface area contributed by atoms with Crippen LogP contribution in [0.5, 0.6) is 0 Å². The molecule has 0 spiro atoms. The summed E-state index contributed by atoms with van der Waals surface area (Å²) in [6.45, 7) is 5.05. The number of halogens is 5. The highest BCUT2D eigenvalue weighted by Gasteiger charge is 2.62. The normalized spacial score (nSPS) is 14.7. The third-order valence-electron chi connectivity index (χ3n) is 2.73. The van der Waals surface area contributed by atoms with Gasteiger partial charge in [0, 0.05) is 9.75 Å². The van der Waals surface area contributed by atoms with E-state index in [2.05, 4.69) is 5.32 Å². The van der Waals surface area contributed by atoms with Crippen molar-refractivity contribution in [2.45, 2.75) is 45.3 Å². The lowest BCUT2D eigenvalue weighted by molar-refractivity contribution is -0.294. The number of aryl methyl sites for hydroxylation is 2. The quantitative estimate of drug-likeness (QED) is 0.784. The molecule has 0 radical (unpaired) electrons. The van der Waals surface area contributed by atoms with Crippen LogP contribution < -0.4 is 5.32 Å². The van der Waals surface area contributed by atoms with Crippen LogP contribution in [0.25, 0.3) is 0 Å². The van der Waals surface area contributed by atoms with Gasteiger partial charge in [0.05, 0.1) is 0 Å². The Morgan fingerprint density at radius 3 is 2.16 bits per heavy atom. The van der Waals surface area contributed by atoms with E-state index >= 15 is 0 Å². The van der Waals surface area contributed by atoms with Gasteiger partial charge in [0.15, 0.2) is 0 Å². The van der Waals surface area contributed by atoms with E-state index in [0.29, 0.717) is 16.2 Å².